The van der Waals surface area contributed by atoms with Crippen molar-refractivity contribution in [2.75, 3.05) is 23.9 Å². The molecule has 0 bridgehead atoms. The van der Waals surface area contributed by atoms with Crippen molar-refractivity contribution in [3.8, 4) is 0 Å². The Kier molecular flexibility index (Phi) is 4.29. The molecule has 2 aromatic rings. The van der Waals surface area contributed by atoms with Crippen molar-refractivity contribution >= 4 is 35.3 Å². The van der Waals surface area contributed by atoms with E-state index in [4.69, 9.17) is 0 Å². The standard InChI is InChI=1S/C20H18N2O2/c1-21(2)17-9-5-15(6-10-17)3-4-16-7-11-18(12-8-16)22-19(23)13-14-20(22)24/h3-14H,1-2H3. The van der Waals surface area contributed by atoms with Crippen molar-refractivity contribution < 1.29 is 9.59 Å². The fraction of sp³-hybridized carbons (Fsp3) is 0.100. The first-order valence-electron chi connectivity index (χ1n) is 7.66. The molecule has 1 aliphatic heterocycles. The Bertz CT molecular complexity index is 798. The predicted molar refractivity (Wildman–Crippen MR) is 97.8 cm³/mol. The molecule has 24 heavy (non-hydrogen) atoms. The molecule has 0 spiro atoms. The van der Waals surface area contributed by atoms with E-state index in [-0.39, 0.29) is 11.8 Å². The fourth-order valence-electron chi connectivity index (χ4n) is 2.47. The lowest BCUT2D eigenvalue weighted by Crippen LogP contribution is -2.29. The normalized spacial score (nSPS) is 14.0. The summed E-state index contributed by atoms with van der Waals surface area (Å²) in [5, 5.41) is 0. The topological polar surface area (TPSA) is 40.6 Å². The molecule has 0 fully saturated rings. The summed E-state index contributed by atoms with van der Waals surface area (Å²) in [6, 6.07) is 15.6. The maximum atomic E-state index is 11.7. The Hall–Kier alpha value is -3.14. The van der Waals surface area contributed by atoms with Crippen LogP contribution in [0.4, 0.5) is 11.4 Å². The highest BCUT2D eigenvalue weighted by atomic mass is 16.2. The summed E-state index contributed by atoms with van der Waals surface area (Å²) in [5.74, 6) is -0.603. The van der Waals surface area contributed by atoms with Crippen LogP contribution in [0.2, 0.25) is 0 Å². The van der Waals surface area contributed by atoms with Crippen LogP contribution in [0.15, 0.2) is 60.7 Å². The molecule has 3 rings (SSSR count). The number of imide groups is 1. The first-order chi connectivity index (χ1) is 11.5. The number of carbonyl (C=O) groups is 2. The summed E-state index contributed by atoms with van der Waals surface area (Å²) < 4.78 is 0. The molecule has 0 aliphatic carbocycles. The van der Waals surface area contributed by atoms with E-state index < -0.39 is 0 Å². The highest BCUT2D eigenvalue weighted by Crippen LogP contribution is 2.20. The fourth-order valence-corrected chi connectivity index (χ4v) is 2.47. The van der Waals surface area contributed by atoms with Gasteiger partial charge in [0, 0.05) is 31.9 Å². The van der Waals surface area contributed by atoms with Gasteiger partial charge in [0.25, 0.3) is 11.8 Å². The van der Waals surface area contributed by atoms with Crippen molar-refractivity contribution in [2.45, 2.75) is 0 Å². The van der Waals surface area contributed by atoms with E-state index in [1.54, 1.807) is 12.1 Å². The zero-order valence-corrected chi connectivity index (χ0v) is 13.6. The van der Waals surface area contributed by atoms with Crippen molar-refractivity contribution in [1.29, 1.82) is 0 Å². The Morgan fingerprint density at radius 3 is 1.67 bits per heavy atom. The molecular formula is C20H18N2O2. The maximum Gasteiger partial charge on any atom is 0.258 e. The Balaban J connectivity index is 1.72. The minimum Gasteiger partial charge on any atom is -0.378 e. The Morgan fingerprint density at radius 2 is 1.21 bits per heavy atom. The third kappa shape index (κ3) is 3.27. The van der Waals surface area contributed by atoms with Gasteiger partial charge in [-0.3, -0.25) is 9.59 Å². The third-order valence-electron chi connectivity index (χ3n) is 3.84. The van der Waals surface area contributed by atoms with Crippen LogP contribution in [0.5, 0.6) is 0 Å². The van der Waals surface area contributed by atoms with Crippen LogP contribution < -0.4 is 9.80 Å². The lowest BCUT2D eigenvalue weighted by molar-refractivity contribution is -0.119. The van der Waals surface area contributed by atoms with E-state index in [1.165, 1.54) is 12.2 Å². The number of anilines is 2. The van der Waals surface area contributed by atoms with Crippen LogP contribution in [0.3, 0.4) is 0 Å². The van der Waals surface area contributed by atoms with Gasteiger partial charge in [-0.1, -0.05) is 36.4 Å². The maximum absolute atomic E-state index is 11.7. The monoisotopic (exact) mass is 318 g/mol. The smallest absolute Gasteiger partial charge is 0.258 e. The van der Waals surface area contributed by atoms with Crippen LogP contribution in [0, 0.1) is 0 Å². The van der Waals surface area contributed by atoms with Gasteiger partial charge in [0.15, 0.2) is 0 Å². The quantitative estimate of drug-likeness (QED) is 0.641. The molecule has 2 amide bonds. The molecule has 0 unspecified atom stereocenters. The number of nitrogens with zero attached hydrogens (tertiary/aromatic N) is 2. The Morgan fingerprint density at radius 1 is 0.750 bits per heavy atom. The predicted octanol–water partition coefficient (Wildman–Crippen LogP) is 3.35. The van der Waals surface area contributed by atoms with Crippen molar-refractivity contribution in [1.82, 2.24) is 0 Å². The molecule has 4 heteroatoms. The van der Waals surface area contributed by atoms with Crippen molar-refractivity contribution in [2.24, 2.45) is 0 Å². The number of rotatable bonds is 4. The second-order valence-corrected chi connectivity index (χ2v) is 5.76. The average Bonchev–Trinajstić information content (AvgIpc) is 2.92. The average molecular weight is 318 g/mol. The second kappa shape index (κ2) is 6.54. The molecule has 2 aromatic carbocycles. The summed E-state index contributed by atoms with van der Waals surface area (Å²) in [6.45, 7) is 0. The van der Waals surface area contributed by atoms with E-state index in [9.17, 15) is 9.59 Å². The number of hydrogen-bond acceptors (Lipinski definition) is 3. The highest BCUT2D eigenvalue weighted by Gasteiger charge is 2.24. The number of hydrogen-bond donors (Lipinski definition) is 0. The van der Waals surface area contributed by atoms with E-state index >= 15 is 0 Å². The molecule has 0 saturated heterocycles. The molecule has 0 radical (unpaired) electrons. The molecule has 0 saturated carbocycles. The highest BCUT2D eigenvalue weighted by molar-refractivity contribution is 6.28. The molecule has 0 aromatic heterocycles. The van der Waals surface area contributed by atoms with Gasteiger partial charge in [-0.05, 0) is 35.4 Å². The van der Waals surface area contributed by atoms with E-state index in [0.717, 1.165) is 21.7 Å². The molecule has 0 atom stereocenters. The van der Waals surface area contributed by atoms with Gasteiger partial charge in [-0.15, -0.1) is 0 Å². The SMILES string of the molecule is CN(C)c1ccc(C=Cc2ccc(N3C(=O)C=CC3=O)cc2)cc1. The molecule has 0 N–H and O–H groups in total. The molecule has 4 nitrogen and oxygen atoms in total. The zero-order valence-electron chi connectivity index (χ0n) is 13.6. The van der Waals surface area contributed by atoms with Gasteiger partial charge >= 0.3 is 0 Å². The van der Waals surface area contributed by atoms with Crippen molar-refractivity contribution in [3.05, 3.63) is 71.8 Å². The summed E-state index contributed by atoms with van der Waals surface area (Å²) in [4.78, 5) is 26.5. The summed E-state index contributed by atoms with van der Waals surface area (Å²) in [6.07, 6.45) is 6.60. The molecule has 1 aliphatic rings. The van der Waals surface area contributed by atoms with Crippen LogP contribution >= 0.6 is 0 Å². The summed E-state index contributed by atoms with van der Waals surface area (Å²) >= 11 is 0. The molecule has 120 valence electrons. The number of amides is 2. The van der Waals surface area contributed by atoms with E-state index in [0.29, 0.717) is 5.69 Å². The first kappa shape index (κ1) is 15.7. The van der Waals surface area contributed by atoms with Crippen LogP contribution in [0.25, 0.3) is 12.2 Å². The van der Waals surface area contributed by atoms with E-state index in [2.05, 4.69) is 29.2 Å². The minimum atomic E-state index is -0.302. The van der Waals surface area contributed by atoms with Gasteiger partial charge in [0.05, 0.1) is 5.69 Å². The largest absolute Gasteiger partial charge is 0.378 e. The van der Waals surface area contributed by atoms with Crippen LogP contribution in [0.1, 0.15) is 11.1 Å². The lowest BCUT2D eigenvalue weighted by Gasteiger charge is -2.13. The van der Waals surface area contributed by atoms with Gasteiger partial charge in [-0.25, -0.2) is 4.90 Å². The summed E-state index contributed by atoms with van der Waals surface area (Å²) in [7, 11) is 4.02. The van der Waals surface area contributed by atoms with Gasteiger partial charge in [-0.2, -0.15) is 0 Å². The van der Waals surface area contributed by atoms with Crippen LogP contribution in [-0.2, 0) is 9.59 Å². The molecule has 1 heterocycles. The van der Waals surface area contributed by atoms with Gasteiger partial charge < -0.3 is 4.90 Å². The molecular weight excluding hydrogens is 300 g/mol. The summed E-state index contributed by atoms with van der Waals surface area (Å²) in [5.41, 5.74) is 3.86. The third-order valence-corrected chi connectivity index (χ3v) is 3.84. The zero-order chi connectivity index (χ0) is 17.1. The Labute approximate surface area is 141 Å². The second-order valence-electron chi connectivity index (χ2n) is 5.76. The first-order valence-corrected chi connectivity index (χ1v) is 7.66. The van der Waals surface area contributed by atoms with Gasteiger partial charge in [0.1, 0.15) is 0 Å². The van der Waals surface area contributed by atoms with E-state index in [1.807, 2.05) is 38.4 Å². The lowest BCUT2D eigenvalue weighted by atomic mass is 10.1. The minimum absolute atomic E-state index is 0.302. The van der Waals surface area contributed by atoms with Gasteiger partial charge in [0.2, 0.25) is 0 Å². The van der Waals surface area contributed by atoms with Crippen LogP contribution in [-0.4, -0.2) is 25.9 Å². The number of benzene rings is 2. The van der Waals surface area contributed by atoms with Crippen molar-refractivity contribution in [3.63, 3.8) is 0 Å². The number of carbonyl (C=O) groups excluding carboxylic acids is 2.